The molecule has 0 aromatic rings. The first-order valence-corrected chi connectivity index (χ1v) is 23.0. The predicted octanol–water partition coefficient (Wildman–Crippen LogP) is 13.0. The van der Waals surface area contributed by atoms with Crippen LogP contribution in [0.5, 0.6) is 0 Å². The van der Waals surface area contributed by atoms with Gasteiger partial charge in [0.15, 0.2) is 0 Å². The number of carbonyl (C=O) groups excluding carboxylic acids is 2. The minimum absolute atomic E-state index is 0.0270. The lowest BCUT2D eigenvalue weighted by atomic mass is 10.0. The Morgan fingerprint density at radius 1 is 0.519 bits per heavy atom. The van der Waals surface area contributed by atoms with Crippen molar-refractivity contribution in [3.8, 4) is 0 Å². The molecule has 0 heterocycles. The maximum absolute atomic E-state index is 12.4. The van der Waals surface area contributed by atoms with Crippen LogP contribution in [0.2, 0.25) is 0 Å². The summed E-state index contributed by atoms with van der Waals surface area (Å²) in [5.41, 5.74) is 0. The lowest BCUT2D eigenvalue weighted by Gasteiger charge is -2.20. The van der Waals surface area contributed by atoms with Crippen LogP contribution in [-0.2, 0) is 14.3 Å². The van der Waals surface area contributed by atoms with Gasteiger partial charge in [-0.15, -0.1) is 0 Å². The number of unbranched alkanes of at least 4 members (excludes halogenated alkanes) is 31. The molecular weight excluding hydrogens is 647 g/mol. The molecule has 0 spiro atoms. The number of ether oxygens (including phenoxy) is 1. The van der Waals surface area contributed by atoms with Crippen molar-refractivity contribution in [2.45, 2.75) is 257 Å². The highest BCUT2D eigenvalue weighted by Crippen LogP contribution is 2.15. The molecule has 0 aliphatic carbocycles. The van der Waals surface area contributed by atoms with E-state index in [0.29, 0.717) is 19.4 Å². The summed E-state index contributed by atoms with van der Waals surface area (Å²) in [6.45, 7) is 4.83. The van der Waals surface area contributed by atoms with Gasteiger partial charge in [0.1, 0.15) is 0 Å². The van der Waals surface area contributed by atoms with E-state index < -0.39 is 12.1 Å². The highest BCUT2D eigenvalue weighted by atomic mass is 16.5. The second-order valence-corrected chi connectivity index (χ2v) is 15.7. The van der Waals surface area contributed by atoms with Gasteiger partial charge in [-0.05, 0) is 32.1 Å². The first-order valence-electron chi connectivity index (χ1n) is 23.0. The number of aliphatic hydroxyl groups excluding tert-OH is 2. The maximum Gasteiger partial charge on any atom is 0.305 e. The highest BCUT2D eigenvalue weighted by Gasteiger charge is 2.18. The van der Waals surface area contributed by atoms with Crippen molar-refractivity contribution in [2.75, 3.05) is 13.2 Å². The Morgan fingerprint density at radius 3 is 1.31 bits per heavy atom. The van der Waals surface area contributed by atoms with E-state index in [1.54, 1.807) is 6.08 Å². The fraction of sp³-hybridized carbons (Fsp3) is 0.913. The van der Waals surface area contributed by atoms with Crippen molar-refractivity contribution in [3.63, 3.8) is 0 Å². The molecule has 0 aromatic carbocycles. The molecule has 0 aromatic heterocycles. The zero-order valence-corrected chi connectivity index (χ0v) is 34.8. The summed E-state index contributed by atoms with van der Waals surface area (Å²) in [7, 11) is 0. The smallest absolute Gasteiger partial charge is 0.305 e. The predicted molar refractivity (Wildman–Crippen MR) is 223 cm³/mol. The number of rotatable bonds is 42. The van der Waals surface area contributed by atoms with Crippen LogP contribution in [0.1, 0.15) is 245 Å². The monoisotopic (exact) mass is 736 g/mol. The minimum atomic E-state index is -0.859. The molecular formula is C46H89NO5. The van der Waals surface area contributed by atoms with E-state index in [1.165, 1.54) is 161 Å². The Morgan fingerprint density at radius 2 is 0.885 bits per heavy atom. The average molecular weight is 736 g/mol. The molecule has 0 saturated heterocycles. The van der Waals surface area contributed by atoms with Crippen LogP contribution in [0.15, 0.2) is 12.2 Å². The van der Waals surface area contributed by atoms with Gasteiger partial charge in [-0.1, -0.05) is 212 Å². The van der Waals surface area contributed by atoms with Gasteiger partial charge < -0.3 is 20.3 Å². The number of amides is 1. The number of carbonyl (C=O) groups is 2. The van der Waals surface area contributed by atoms with Crippen LogP contribution in [-0.4, -0.2) is 47.4 Å². The zero-order valence-electron chi connectivity index (χ0n) is 34.8. The van der Waals surface area contributed by atoms with Gasteiger partial charge in [0.2, 0.25) is 5.91 Å². The highest BCUT2D eigenvalue weighted by molar-refractivity contribution is 5.76. The van der Waals surface area contributed by atoms with Crippen molar-refractivity contribution >= 4 is 11.9 Å². The van der Waals surface area contributed by atoms with Gasteiger partial charge in [0.05, 0.1) is 25.4 Å². The van der Waals surface area contributed by atoms with Gasteiger partial charge in [-0.3, -0.25) is 9.59 Å². The first-order chi connectivity index (χ1) is 25.5. The van der Waals surface area contributed by atoms with Crippen molar-refractivity contribution in [3.05, 3.63) is 12.2 Å². The van der Waals surface area contributed by atoms with E-state index in [1.807, 2.05) is 6.08 Å². The lowest BCUT2D eigenvalue weighted by molar-refractivity contribution is -0.143. The van der Waals surface area contributed by atoms with Crippen LogP contribution in [0.3, 0.4) is 0 Å². The summed E-state index contributed by atoms with van der Waals surface area (Å²) in [5.74, 6) is -0.122. The third-order valence-corrected chi connectivity index (χ3v) is 10.6. The average Bonchev–Trinajstić information content (AvgIpc) is 3.14. The molecule has 0 fully saturated rings. The molecule has 52 heavy (non-hydrogen) atoms. The van der Waals surface area contributed by atoms with Gasteiger partial charge in [-0.25, -0.2) is 0 Å². The maximum atomic E-state index is 12.4. The van der Waals surface area contributed by atoms with E-state index in [4.69, 9.17) is 4.74 Å². The molecule has 2 unspecified atom stereocenters. The molecule has 2 atom stereocenters. The van der Waals surface area contributed by atoms with Crippen LogP contribution < -0.4 is 5.32 Å². The Kier molecular flexibility index (Phi) is 41.2. The third kappa shape index (κ3) is 38.3. The number of hydrogen-bond donors (Lipinski definition) is 3. The summed E-state index contributed by atoms with van der Waals surface area (Å²) in [6, 6.07) is -0.645. The Labute approximate surface area is 323 Å². The molecule has 0 aliphatic rings. The Hall–Kier alpha value is -1.40. The zero-order chi connectivity index (χ0) is 38.0. The van der Waals surface area contributed by atoms with E-state index in [0.717, 1.165) is 57.8 Å². The number of aliphatic hydroxyl groups is 2. The quantitative estimate of drug-likeness (QED) is 0.0329. The minimum Gasteiger partial charge on any atom is -0.466 e. The topological polar surface area (TPSA) is 95.9 Å². The summed E-state index contributed by atoms with van der Waals surface area (Å²) >= 11 is 0. The number of hydrogen-bond acceptors (Lipinski definition) is 5. The van der Waals surface area contributed by atoms with Crippen molar-refractivity contribution in [1.82, 2.24) is 5.32 Å². The molecule has 6 heteroatoms. The van der Waals surface area contributed by atoms with Gasteiger partial charge in [0, 0.05) is 12.8 Å². The normalized spacial score (nSPS) is 12.8. The van der Waals surface area contributed by atoms with E-state index in [-0.39, 0.29) is 18.5 Å². The van der Waals surface area contributed by atoms with Crippen molar-refractivity contribution < 1.29 is 24.5 Å². The molecule has 0 rings (SSSR count). The summed E-state index contributed by atoms with van der Waals surface area (Å²) in [6.07, 6.45) is 46.2. The van der Waals surface area contributed by atoms with Crippen molar-refractivity contribution in [1.29, 1.82) is 0 Å². The van der Waals surface area contributed by atoms with Crippen LogP contribution >= 0.6 is 0 Å². The summed E-state index contributed by atoms with van der Waals surface area (Å²) < 4.78 is 5.43. The molecule has 0 saturated carbocycles. The second-order valence-electron chi connectivity index (χ2n) is 15.7. The summed E-state index contributed by atoms with van der Waals surface area (Å²) in [4.78, 5) is 24.4. The Balaban J connectivity index is 3.54. The molecule has 0 bridgehead atoms. The number of allylic oxidation sites excluding steroid dienone is 1. The van der Waals surface area contributed by atoms with Gasteiger partial charge in [0.25, 0.3) is 0 Å². The van der Waals surface area contributed by atoms with Crippen molar-refractivity contribution in [2.24, 2.45) is 0 Å². The molecule has 6 nitrogen and oxygen atoms in total. The second kappa shape index (κ2) is 42.3. The van der Waals surface area contributed by atoms with Gasteiger partial charge >= 0.3 is 5.97 Å². The molecule has 308 valence electrons. The molecule has 3 N–H and O–H groups in total. The fourth-order valence-electron chi connectivity index (χ4n) is 6.98. The van der Waals surface area contributed by atoms with E-state index in [2.05, 4.69) is 19.2 Å². The standard InChI is InChI=1S/C46H89NO5/c1-3-5-7-9-11-13-15-17-18-19-22-26-30-34-38-44(49)43(42-48)47-45(50)39-35-31-27-23-21-25-29-33-37-41-52-46(51)40-36-32-28-24-20-16-14-12-10-8-6-4-2/h34,38,43-44,48-49H,3-33,35-37,39-42H2,1-2H3,(H,47,50)/b38-34+. The Bertz CT molecular complexity index is 772. The lowest BCUT2D eigenvalue weighted by Crippen LogP contribution is -2.45. The third-order valence-electron chi connectivity index (χ3n) is 10.6. The fourth-order valence-corrected chi connectivity index (χ4v) is 6.98. The first kappa shape index (κ1) is 50.6. The van der Waals surface area contributed by atoms with Crippen LogP contribution in [0.4, 0.5) is 0 Å². The number of nitrogens with one attached hydrogen (secondary N) is 1. The molecule has 0 radical (unpaired) electrons. The van der Waals surface area contributed by atoms with Crippen LogP contribution in [0, 0.1) is 0 Å². The van der Waals surface area contributed by atoms with E-state index >= 15 is 0 Å². The molecule has 0 aliphatic heterocycles. The largest absolute Gasteiger partial charge is 0.466 e. The molecule has 1 amide bonds. The number of esters is 1. The van der Waals surface area contributed by atoms with Gasteiger partial charge in [-0.2, -0.15) is 0 Å². The SMILES string of the molecule is CCCCCCCCCCCCCC/C=C/C(O)C(CO)NC(=O)CCCCCCCCCCCOC(=O)CCCCCCCCCCCCCC. The van der Waals surface area contributed by atoms with E-state index in [9.17, 15) is 19.8 Å². The van der Waals surface area contributed by atoms with Crippen LogP contribution in [0.25, 0.3) is 0 Å². The summed E-state index contributed by atoms with van der Waals surface area (Å²) in [5, 5.41) is 23.0.